The number of rotatable bonds is 5. The van der Waals surface area contributed by atoms with E-state index in [1.807, 2.05) is 13.8 Å². The first-order valence-electron chi connectivity index (χ1n) is 6.51. The number of nitrogens with zero attached hydrogens (tertiary/aromatic N) is 2. The number of nitrogens with two attached hydrogens (primary N) is 1. The van der Waals surface area contributed by atoms with Gasteiger partial charge in [-0.1, -0.05) is 13.3 Å². The predicted octanol–water partition coefficient (Wildman–Crippen LogP) is 2.45. The maximum Gasteiger partial charge on any atom is 0.242 e. The van der Waals surface area contributed by atoms with Crippen LogP contribution in [0.15, 0.2) is 6.33 Å². The summed E-state index contributed by atoms with van der Waals surface area (Å²) in [6.45, 7) is 7.08. The smallest absolute Gasteiger partial charge is 0.242 e. The van der Waals surface area contributed by atoms with Crippen molar-refractivity contribution < 1.29 is 4.74 Å². The Balaban J connectivity index is 2.03. The van der Waals surface area contributed by atoms with Crippen LogP contribution in [0.25, 0.3) is 0 Å². The van der Waals surface area contributed by atoms with Gasteiger partial charge in [0, 0.05) is 6.54 Å². The average molecular weight is 250 g/mol. The Kier molecular flexibility index (Phi) is 3.59. The molecule has 1 aromatic rings. The van der Waals surface area contributed by atoms with Crippen molar-refractivity contribution in [3.8, 4) is 5.88 Å². The van der Waals surface area contributed by atoms with E-state index in [1.54, 1.807) is 0 Å². The number of aromatic nitrogens is 2. The lowest BCUT2D eigenvalue weighted by atomic mass is 9.70. The van der Waals surface area contributed by atoms with Gasteiger partial charge in [-0.25, -0.2) is 4.98 Å². The van der Waals surface area contributed by atoms with Crippen LogP contribution in [0.1, 0.15) is 40.0 Å². The summed E-state index contributed by atoms with van der Waals surface area (Å²) < 4.78 is 5.54. The van der Waals surface area contributed by atoms with Crippen LogP contribution >= 0.6 is 0 Å². The zero-order chi connectivity index (χ0) is 13.2. The van der Waals surface area contributed by atoms with E-state index < -0.39 is 0 Å². The predicted molar refractivity (Wildman–Crippen MR) is 72.7 cm³/mol. The van der Waals surface area contributed by atoms with Crippen LogP contribution in [0.3, 0.4) is 0 Å². The van der Waals surface area contributed by atoms with Gasteiger partial charge < -0.3 is 15.8 Å². The highest BCUT2D eigenvalue weighted by Gasteiger charge is 2.31. The summed E-state index contributed by atoms with van der Waals surface area (Å²) >= 11 is 0. The van der Waals surface area contributed by atoms with Crippen LogP contribution < -0.4 is 15.8 Å². The molecule has 1 heterocycles. The van der Waals surface area contributed by atoms with Crippen molar-refractivity contribution in [2.75, 3.05) is 17.6 Å². The molecule has 1 aliphatic rings. The van der Waals surface area contributed by atoms with E-state index in [9.17, 15) is 0 Å². The summed E-state index contributed by atoms with van der Waals surface area (Å²) in [4.78, 5) is 8.24. The molecule has 0 amide bonds. The van der Waals surface area contributed by atoms with E-state index in [0.29, 0.717) is 22.8 Å². The molecular weight excluding hydrogens is 228 g/mol. The minimum Gasteiger partial charge on any atom is -0.473 e. The van der Waals surface area contributed by atoms with Gasteiger partial charge in [-0.15, -0.1) is 0 Å². The molecule has 1 saturated carbocycles. The van der Waals surface area contributed by atoms with E-state index in [1.165, 1.54) is 25.6 Å². The van der Waals surface area contributed by atoms with Crippen LogP contribution in [-0.4, -0.2) is 22.6 Å². The monoisotopic (exact) mass is 250 g/mol. The Hall–Kier alpha value is -1.52. The Labute approximate surface area is 108 Å². The minimum absolute atomic E-state index is 0.0548. The van der Waals surface area contributed by atoms with Crippen LogP contribution in [0.2, 0.25) is 0 Å². The number of ether oxygens (including phenoxy) is 1. The molecule has 0 radical (unpaired) electrons. The molecule has 0 spiro atoms. The quantitative estimate of drug-likeness (QED) is 0.839. The first-order valence-corrected chi connectivity index (χ1v) is 6.51. The van der Waals surface area contributed by atoms with Crippen molar-refractivity contribution in [2.45, 2.75) is 46.1 Å². The van der Waals surface area contributed by atoms with Crippen molar-refractivity contribution in [3.63, 3.8) is 0 Å². The lowest BCUT2D eigenvalue weighted by Crippen LogP contribution is -2.33. The van der Waals surface area contributed by atoms with E-state index in [0.717, 1.165) is 6.54 Å². The zero-order valence-electron chi connectivity index (χ0n) is 11.4. The van der Waals surface area contributed by atoms with Gasteiger partial charge in [0.1, 0.15) is 12.0 Å². The Morgan fingerprint density at radius 3 is 2.72 bits per heavy atom. The lowest BCUT2D eigenvalue weighted by molar-refractivity contribution is 0.179. The molecule has 0 saturated heterocycles. The maximum absolute atomic E-state index is 6.01. The van der Waals surface area contributed by atoms with Crippen LogP contribution in [0.5, 0.6) is 5.88 Å². The molecule has 1 fully saturated rings. The third kappa shape index (κ3) is 2.83. The molecule has 1 aromatic heterocycles. The summed E-state index contributed by atoms with van der Waals surface area (Å²) in [5.41, 5.74) is 6.89. The molecule has 3 N–H and O–H groups in total. The molecule has 0 unspecified atom stereocenters. The van der Waals surface area contributed by atoms with Crippen molar-refractivity contribution in [3.05, 3.63) is 6.33 Å². The van der Waals surface area contributed by atoms with Gasteiger partial charge in [0.15, 0.2) is 5.82 Å². The molecule has 0 aliphatic heterocycles. The Morgan fingerprint density at radius 1 is 1.44 bits per heavy atom. The van der Waals surface area contributed by atoms with Crippen LogP contribution in [0, 0.1) is 5.41 Å². The Bertz CT molecular complexity index is 415. The van der Waals surface area contributed by atoms with Crippen LogP contribution in [0.4, 0.5) is 11.5 Å². The number of anilines is 2. The van der Waals surface area contributed by atoms with Gasteiger partial charge in [-0.3, -0.25) is 0 Å². The summed E-state index contributed by atoms with van der Waals surface area (Å²) in [7, 11) is 0. The molecule has 1 aliphatic carbocycles. The van der Waals surface area contributed by atoms with Gasteiger partial charge >= 0.3 is 0 Å². The normalized spacial score (nSPS) is 17.3. The van der Waals surface area contributed by atoms with Crippen molar-refractivity contribution in [1.29, 1.82) is 0 Å². The average Bonchev–Trinajstić information content (AvgIpc) is 2.27. The van der Waals surface area contributed by atoms with E-state index >= 15 is 0 Å². The SMILES string of the molecule is CC(C)Oc1ncnc(NCC2(C)CCC2)c1N. The second-order valence-corrected chi connectivity index (χ2v) is 5.63. The van der Waals surface area contributed by atoms with E-state index in [4.69, 9.17) is 10.5 Å². The molecule has 18 heavy (non-hydrogen) atoms. The largest absolute Gasteiger partial charge is 0.473 e. The standard InChI is InChI=1S/C13H22N4O/c1-9(2)18-12-10(14)11(16-8-17-12)15-7-13(3)5-4-6-13/h8-9H,4-7,14H2,1-3H3,(H,15,16,17). The first kappa shape index (κ1) is 12.9. The van der Waals surface area contributed by atoms with E-state index in [2.05, 4.69) is 22.2 Å². The third-order valence-corrected chi connectivity index (χ3v) is 3.44. The van der Waals surface area contributed by atoms with Gasteiger partial charge in [-0.2, -0.15) is 4.98 Å². The third-order valence-electron chi connectivity index (χ3n) is 3.44. The molecule has 5 heteroatoms. The summed E-state index contributed by atoms with van der Waals surface area (Å²) in [6.07, 6.45) is 5.39. The maximum atomic E-state index is 6.01. The second kappa shape index (κ2) is 5.00. The fourth-order valence-electron chi connectivity index (χ4n) is 2.09. The fraction of sp³-hybridized carbons (Fsp3) is 0.692. The molecule has 0 aromatic carbocycles. The summed E-state index contributed by atoms with van der Waals surface area (Å²) in [5, 5.41) is 3.31. The second-order valence-electron chi connectivity index (χ2n) is 5.63. The molecule has 0 atom stereocenters. The van der Waals surface area contributed by atoms with Gasteiger partial charge in [0.25, 0.3) is 0 Å². The summed E-state index contributed by atoms with van der Waals surface area (Å²) in [6, 6.07) is 0. The van der Waals surface area contributed by atoms with Crippen molar-refractivity contribution in [2.24, 2.45) is 5.41 Å². The van der Waals surface area contributed by atoms with Crippen molar-refractivity contribution >= 4 is 11.5 Å². The topological polar surface area (TPSA) is 73.1 Å². The van der Waals surface area contributed by atoms with Crippen LogP contribution in [-0.2, 0) is 0 Å². The highest BCUT2D eigenvalue weighted by molar-refractivity contribution is 5.66. The fourth-order valence-corrected chi connectivity index (χ4v) is 2.09. The first-order chi connectivity index (χ1) is 8.50. The van der Waals surface area contributed by atoms with E-state index in [-0.39, 0.29) is 6.10 Å². The van der Waals surface area contributed by atoms with Gasteiger partial charge in [0.2, 0.25) is 5.88 Å². The molecule has 0 bridgehead atoms. The molecule has 100 valence electrons. The highest BCUT2D eigenvalue weighted by Crippen LogP contribution is 2.40. The zero-order valence-corrected chi connectivity index (χ0v) is 11.4. The summed E-state index contributed by atoms with van der Waals surface area (Å²) in [5.74, 6) is 1.13. The van der Waals surface area contributed by atoms with Gasteiger partial charge in [0.05, 0.1) is 6.10 Å². The van der Waals surface area contributed by atoms with Gasteiger partial charge in [-0.05, 0) is 32.1 Å². The Morgan fingerprint density at radius 2 is 2.17 bits per heavy atom. The minimum atomic E-state index is 0.0548. The number of hydrogen-bond donors (Lipinski definition) is 2. The molecular formula is C13H22N4O. The lowest BCUT2D eigenvalue weighted by Gasteiger charge is -2.38. The number of nitrogens with one attached hydrogen (secondary N) is 1. The number of hydrogen-bond acceptors (Lipinski definition) is 5. The molecule has 2 rings (SSSR count). The number of nitrogen functional groups attached to an aromatic ring is 1. The van der Waals surface area contributed by atoms with Crippen molar-refractivity contribution in [1.82, 2.24) is 9.97 Å². The highest BCUT2D eigenvalue weighted by atomic mass is 16.5. The molecule has 5 nitrogen and oxygen atoms in total.